The second kappa shape index (κ2) is 4.21. The molecule has 5 nitrogen and oxygen atoms in total. The van der Waals surface area contributed by atoms with Gasteiger partial charge in [0.15, 0.2) is 0 Å². The number of aromatic nitrogens is 3. The fourth-order valence-corrected chi connectivity index (χ4v) is 1.35. The van der Waals surface area contributed by atoms with E-state index in [0.29, 0.717) is 6.42 Å². The molecule has 0 bridgehead atoms. The van der Waals surface area contributed by atoms with Crippen molar-refractivity contribution in [1.82, 2.24) is 20.3 Å². The van der Waals surface area contributed by atoms with Crippen molar-refractivity contribution in [3.05, 3.63) is 11.4 Å². The van der Waals surface area contributed by atoms with Crippen molar-refractivity contribution in [2.75, 3.05) is 7.05 Å². The highest BCUT2D eigenvalue weighted by Gasteiger charge is 2.16. The highest BCUT2D eigenvalue weighted by Crippen LogP contribution is 2.18. The monoisotopic (exact) mass is 196 g/mol. The number of aryl methyl sites for hydroxylation is 1. The fourth-order valence-electron chi connectivity index (χ4n) is 1.35. The van der Waals surface area contributed by atoms with Crippen LogP contribution in [0.5, 0.6) is 0 Å². The average Bonchev–Trinajstić information content (AvgIpc) is 2.47. The molecule has 0 saturated heterocycles. The van der Waals surface area contributed by atoms with E-state index in [1.807, 2.05) is 20.9 Å². The van der Waals surface area contributed by atoms with Crippen LogP contribution in [0.1, 0.15) is 30.7 Å². The number of hydrogen-bond donors (Lipinski definition) is 1. The number of carbonyl (C=O) groups excluding carboxylic acids is 1. The third-order valence-corrected chi connectivity index (χ3v) is 2.38. The molecule has 1 amide bonds. The van der Waals surface area contributed by atoms with Gasteiger partial charge in [0, 0.05) is 26.4 Å². The molecule has 5 heteroatoms. The Labute approximate surface area is 83.5 Å². The molecule has 1 rings (SSSR count). The van der Waals surface area contributed by atoms with Crippen LogP contribution in [0.2, 0.25) is 0 Å². The van der Waals surface area contributed by atoms with Crippen LogP contribution in [-0.2, 0) is 11.8 Å². The first-order chi connectivity index (χ1) is 6.56. The van der Waals surface area contributed by atoms with Crippen LogP contribution in [0.15, 0.2) is 0 Å². The number of carbonyl (C=O) groups is 1. The van der Waals surface area contributed by atoms with Crippen LogP contribution in [0, 0.1) is 6.92 Å². The maximum atomic E-state index is 11.1. The van der Waals surface area contributed by atoms with E-state index in [0.717, 1.165) is 11.4 Å². The smallest absolute Gasteiger partial charge is 0.220 e. The van der Waals surface area contributed by atoms with E-state index in [1.54, 1.807) is 11.7 Å². The number of rotatable bonds is 3. The molecule has 0 unspecified atom stereocenters. The molecule has 0 aromatic carbocycles. The van der Waals surface area contributed by atoms with Gasteiger partial charge in [-0.25, -0.2) is 0 Å². The lowest BCUT2D eigenvalue weighted by Crippen LogP contribution is -2.20. The zero-order valence-electron chi connectivity index (χ0n) is 9.03. The molecule has 1 aromatic rings. The van der Waals surface area contributed by atoms with Gasteiger partial charge in [0.2, 0.25) is 5.91 Å². The quantitative estimate of drug-likeness (QED) is 0.759. The number of nitrogens with one attached hydrogen (secondary N) is 1. The van der Waals surface area contributed by atoms with E-state index >= 15 is 0 Å². The van der Waals surface area contributed by atoms with Crippen molar-refractivity contribution in [3.63, 3.8) is 0 Å². The Morgan fingerprint density at radius 1 is 1.64 bits per heavy atom. The van der Waals surface area contributed by atoms with Gasteiger partial charge in [-0.2, -0.15) is 0 Å². The summed E-state index contributed by atoms with van der Waals surface area (Å²) in [6.45, 7) is 3.93. The number of hydrogen-bond acceptors (Lipinski definition) is 3. The van der Waals surface area contributed by atoms with E-state index in [9.17, 15) is 4.79 Å². The van der Waals surface area contributed by atoms with Crippen LogP contribution >= 0.6 is 0 Å². The first-order valence-electron chi connectivity index (χ1n) is 4.63. The number of nitrogens with zero attached hydrogens (tertiary/aromatic N) is 3. The largest absolute Gasteiger partial charge is 0.359 e. The van der Waals surface area contributed by atoms with E-state index in [4.69, 9.17) is 0 Å². The van der Waals surface area contributed by atoms with Gasteiger partial charge in [-0.1, -0.05) is 12.1 Å². The predicted molar refractivity (Wildman–Crippen MR) is 52.8 cm³/mol. The molecule has 0 aliphatic rings. The topological polar surface area (TPSA) is 59.8 Å². The summed E-state index contributed by atoms with van der Waals surface area (Å²) in [7, 11) is 3.48. The Hall–Kier alpha value is -1.39. The minimum Gasteiger partial charge on any atom is -0.359 e. The highest BCUT2D eigenvalue weighted by atomic mass is 16.1. The zero-order chi connectivity index (χ0) is 10.7. The van der Waals surface area contributed by atoms with Crippen LogP contribution in [-0.4, -0.2) is 27.9 Å². The van der Waals surface area contributed by atoms with Gasteiger partial charge < -0.3 is 5.32 Å². The summed E-state index contributed by atoms with van der Waals surface area (Å²) >= 11 is 0. The molecule has 0 aliphatic heterocycles. The lowest BCUT2D eigenvalue weighted by atomic mass is 10.0. The Balaban J connectivity index is 2.74. The van der Waals surface area contributed by atoms with Crippen LogP contribution in [0.4, 0.5) is 0 Å². The molecule has 0 spiro atoms. The van der Waals surface area contributed by atoms with Crippen molar-refractivity contribution in [2.45, 2.75) is 26.2 Å². The van der Waals surface area contributed by atoms with Crippen molar-refractivity contribution in [2.24, 2.45) is 7.05 Å². The van der Waals surface area contributed by atoms with Gasteiger partial charge in [0.1, 0.15) is 0 Å². The Morgan fingerprint density at radius 3 is 2.71 bits per heavy atom. The molecular weight excluding hydrogens is 180 g/mol. The summed E-state index contributed by atoms with van der Waals surface area (Å²) < 4.78 is 1.72. The van der Waals surface area contributed by atoms with Crippen molar-refractivity contribution in [3.8, 4) is 0 Å². The second-order valence-electron chi connectivity index (χ2n) is 3.46. The minimum atomic E-state index is 0.0301. The van der Waals surface area contributed by atoms with Gasteiger partial charge in [-0.05, 0) is 6.92 Å². The summed E-state index contributed by atoms with van der Waals surface area (Å²) in [5, 5.41) is 10.5. The summed E-state index contributed by atoms with van der Waals surface area (Å²) in [5.74, 6) is 0.145. The molecule has 0 aliphatic carbocycles. The molecule has 14 heavy (non-hydrogen) atoms. The third-order valence-electron chi connectivity index (χ3n) is 2.38. The van der Waals surface area contributed by atoms with E-state index in [1.165, 1.54) is 0 Å². The summed E-state index contributed by atoms with van der Waals surface area (Å²) in [4.78, 5) is 11.1. The first kappa shape index (κ1) is 10.7. The normalized spacial score (nSPS) is 12.6. The molecule has 1 heterocycles. The van der Waals surface area contributed by atoms with Crippen LogP contribution in [0.3, 0.4) is 0 Å². The molecule has 0 radical (unpaired) electrons. The maximum Gasteiger partial charge on any atom is 0.220 e. The van der Waals surface area contributed by atoms with E-state index < -0.39 is 0 Å². The lowest BCUT2D eigenvalue weighted by molar-refractivity contribution is -0.120. The predicted octanol–water partition coefficient (Wildman–Crippen LogP) is 0.363. The molecule has 0 fully saturated rings. The molecule has 78 valence electrons. The van der Waals surface area contributed by atoms with E-state index in [2.05, 4.69) is 15.6 Å². The summed E-state index contributed by atoms with van der Waals surface area (Å²) in [5.41, 5.74) is 1.91. The zero-order valence-corrected chi connectivity index (χ0v) is 9.03. The first-order valence-corrected chi connectivity index (χ1v) is 4.63. The Bertz CT molecular complexity index is 332. The Kier molecular flexibility index (Phi) is 3.22. The summed E-state index contributed by atoms with van der Waals surface area (Å²) in [6.07, 6.45) is 0.454. The minimum absolute atomic E-state index is 0.0301. The Morgan fingerprint density at radius 2 is 2.29 bits per heavy atom. The SMILES string of the molecule is CNC(=O)C[C@H](C)c1nnn(C)c1C. The highest BCUT2D eigenvalue weighted by molar-refractivity contribution is 5.76. The van der Waals surface area contributed by atoms with Gasteiger partial charge in [-0.15, -0.1) is 5.10 Å². The van der Waals surface area contributed by atoms with Crippen LogP contribution in [0.25, 0.3) is 0 Å². The van der Waals surface area contributed by atoms with Crippen LogP contribution < -0.4 is 5.32 Å². The van der Waals surface area contributed by atoms with Crippen molar-refractivity contribution in [1.29, 1.82) is 0 Å². The van der Waals surface area contributed by atoms with E-state index in [-0.39, 0.29) is 11.8 Å². The second-order valence-corrected chi connectivity index (χ2v) is 3.46. The molecule has 1 N–H and O–H groups in total. The van der Waals surface area contributed by atoms with Gasteiger partial charge >= 0.3 is 0 Å². The maximum absolute atomic E-state index is 11.1. The lowest BCUT2D eigenvalue weighted by Gasteiger charge is -2.07. The average molecular weight is 196 g/mol. The van der Waals surface area contributed by atoms with Gasteiger partial charge in [0.25, 0.3) is 0 Å². The molecular formula is C9H16N4O. The molecule has 1 aromatic heterocycles. The van der Waals surface area contributed by atoms with Crippen molar-refractivity contribution < 1.29 is 4.79 Å². The van der Waals surface area contributed by atoms with Gasteiger partial charge in [-0.3, -0.25) is 9.48 Å². The fraction of sp³-hybridized carbons (Fsp3) is 0.667. The molecule has 1 atom stereocenters. The van der Waals surface area contributed by atoms with Crippen molar-refractivity contribution >= 4 is 5.91 Å². The standard InChI is InChI=1S/C9H16N4O/c1-6(5-8(14)10-3)9-7(2)13(4)12-11-9/h6H,5H2,1-4H3,(H,10,14)/t6-/m0/s1. The molecule has 0 saturated carbocycles. The summed E-state index contributed by atoms with van der Waals surface area (Å²) in [6, 6.07) is 0. The number of amides is 1. The van der Waals surface area contributed by atoms with Gasteiger partial charge in [0.05, 0.1) is 11.4 Å². The third kappa shape index (κ3) is 2.10.